The number of sulfone groups is 1. The first-order valence-electron chi connectivity index (χ1n) is 6.15. The highest BCUT2D eigenvalue weighted by atomic mass is 32.2. The van der Waals surface area contributed by atoms with E-state index < -0.39 is 38.3 Å². The summed E-state index contributed by atoms with van der Waals surface area (Å²) in [6.45, 7) is 3.77. The molecule has 1 aromatic heterocycles. The van der Waals surface area contributed by atoms with Crippen LogP contribution in [-0.2, 0) is 14.6 Å². The van der Waals surface area contributed by atoms with Crippen LogP contribution >= 0.6 is 0 Å². The standard InChI is InChI=1S/C12H17NO6S/c1-3-8(4-2)13-10(14)7-20(17,18)11-6-5-9(19-11)12(15)16/h5-6,8H,3-4,7H2,1-2H3,(H,13,14)(H,15,16). The third-order valence-corrected chi connectivity index (χ3v) is 4.25. The van der Waals surface area contributed by atoms with Crippen molar-refractivity contribution in [1.29, 1.82) is 0 Å². The Morgan fingerprint density at radius 1 is 1.30 bits per heavy atom. The second-order valence-corrected chi connectivity index (χ2v) is 6.18. The first-order valence-corrected chi connectivity index (χ1v) is 7.80. The summed E-state index contributed by atoms with van der Waals surface area (Å²) in [5, 5.41) is 10.7. The lowest BCUT2D eigenvalue weighted by atomic mass is 10.2. The molecule has 112 valence electrons. The predicted octanol–water partition coefficient (Wildman–Crippen LogP) is 1.06. The lowest BCUT2D eigenvalue weighted by Crippen LogP contribution is -2.37. The van der Waals surface area contributed by atoms with Gasteiger partial charge in [0.1, 0.15) is 5.75 Å². The minimum absolute atomic E-state index is 0.0797. The summed E-state index contributed by atoms with van der Waals surface area (Å²) in [5.41, 5.74) is 0. The van der Waals surface area contributed by atoms with Gasteiger partial charge < -0.3 is 14.8 Å². The maximum atomic E-state index is 11.9. The first-order chi connectivity index (χ1) is 9.30. The van der Waals surface area contributed by atoms with Crippen LogP contribution in [-0.4, -0.2) is 37.2 Å². The van der Waals surface area contributed by atoms with Gasteiger partial charge in [-0.3, -0.25) is 4.79 Å². The van der Waals surface area contributed by atoms with E-state index in [9.17, 15) is 18.0 Å². The highest BCUT2D eigenvalue weighted by Gasteiger charge is 2.25. The molecular weight excluding hydrogens is 286 g/mol. The maximum absolute atomic E-state index is 11.9. The third-order valence-electron chi connectivity index (χ3n) is 2.77. The van der Waals surface area contributed by atoms with Gasteiger partial charge in [0.05, 0.1) is 0 Å². The Morgan fingerprint density at radius 2 is 1.90 bits per heavy atom. The van der Waals surface area contributed by atoms with Crippen LogP contribution in [0.4, 0.5) is 0 Å². The summed E-state index contributed by atoms with van der Waals surface area (Å²) < 4.78 is 28.5. The van der Waals surface area contributed by atoms with E-state index in [1.54, 1.807) is 0 Å². The van der Waals surface area contributed by atoms with E-state index in [1.165, 1.54) is 0 Å². The van der Waals surface area contributed by atoms with E-state index >= 15 is 0 Å². The molecule has 0 aromatic carbocycles. The Bertz CT molecular complexity index is 585. The molecule has 0 fully saturated rings. The molecule has 7 nitrogen and oxygen atoms in total. The van der Waals surface area contributed by atoms with Gasteiger partial charge in [-0.2, -0.15) is 0 Å². The molecule has 0 aliphatic rings. The van der Waals surface area contributed by atoms with E-state index in [-0.39, 0.29) is 6.04 Å². The number of carbonyl (C=O) groups is 2. The fraction of sp³-hybridized carbons (Fsp3) is 0.500. The quantitative estimate of drug-likeness (QED) is 0.778. The van der Waals surface area contributed by atoms with Crippen LogP contribution in [0.15, 0.2) is 21.6 Å². The summed E-state index contributed by atoms with van der Waals surface area (Å²) in [5.74, 6) is -3.25. The summed E-state index contributed by atoms with van der Waals surface area (Å²) in [4.78, 5) is 22.3. The van der Waals surface area contributed by atoms with Gasteiger partial charge in [0.25, 0.3) is 0 Å². The molecule has 0 aliphatic heterocycles. The maximum Gasteiger partial charge on any atom is 0.371 e. The van der Waals surface area contributed by atoms with Crippen LogP contribution in [0, 0.1) is 0 Å². The van der Waals surface area contributed by atoms with Crippen LogP contribution < -0.4 is 5.32 Å². The molecule has 1 aromatic rings. The molecule has 0 saturated carbocycles. The van der Waals surface area contributed by atoms with Crippen LogP contribution in [0.5, 0.6) is 0 Å². The van der Waals surface area contributed by atoms with E-state index in [0.29, 0.717) is 12.8 Å². The zero-order valence-corrected chi connectivity index (χ0v) is 12.1. The second-order valence-electron chi connectivity index (χ2n) is 4.26. The van der Waals surface area contributed by atoms with Crippen LogP contribution in [0.1, 0.15) is 37.2 Å². The predicted molar refractivity (Wildman–Crippen MR) is 70.2 cm³/mol. The van der Waals surface area contributed by atoms with Crippen molar-refractivity contribution in [1.82, 2.24) is 5.32 Å². The SMILES string of the molecule is CCC(CC)NC(=O)CS(=O)(=O)c1ccc(C(=O)O)o1. The molecule has 0 radical (unpaired) electrons. The van der Waals surface area contributed by atoms with Gasteiger partial charge in [-0.15, -0.1) is 0 Å². The number of amides is 1. The number of aromatic carboxylic acids is 1. The van der Waals surface area contributed by atoms with Gasteiger partial charge in [0.2, 0.25) is 26.6 Å². The zero-order chi connectivity index (χ0) is 15.3. The lowest BCUT2D eigenvalue weighted by molar-refractivity contribution is -0.119. The smallest absolute Gasteiger partial charge is 0.371 e. The van der Waals surface area contributed by atoms with E-state index in [4.69, 9.17) is 9.52 Å². The highest BCUT2D eigenvalue weighted by Crippen LogP contribution is 2.15. The normalized spacial score (nSPS) is 11.6. The van der Waals surface area contributed by atoms with E-state index in [2.05, 4.69) is 5.32 Å². The van der Waals surface area contributed by atoms with Gasteiger partial charge in [-0.1, -0.05) is 13.8 Å². The summed E-state index contributed by atoms with van der Waals surface area (Å²) in [7, 11) is -3.98. The number of hydrogen-bond donors (Lipinski definition) is 2. The van der Waals surface area contributed by atoms with Crippen molar-refractivity contribution in [2.45, 2.75) is 37.8 Å². The fourth-order valence-corrected chi connectivity index (χ4v) is 2.67. The molecule has 20 heavy (non-hydrogen) atoms. The third kappa shape index (κ3) is 4.09. The number of carboxylic acid groups (broad SMARTS) is 1. The van der Waals surface area contributed by atoms with Gasteiger partial charge in [-0.25, -0.2) is 13.2 Å². The average Bonchev–Trinajstić information content (AvgIpc) is 2.85. The molecule has 0 spiro atoms. The number of carbonyl (C=O) groups excluding carboxylic acids is 1. The first kappa shape index (κ1) is 16.2. The molecular formula is C12H17NO6S. The number of nitrogens with one attached hydrogen (secondary N) is 1. The largest absolute Gasteiger partial charge is 0.475 e. The molecule has 1 heterocycles. The summed E-state index contributed by atoms with van der Waals surface area (Å²) >= 11 is 0. The molecule has 0 aliphatic carbocycles. The molecule has 8 heteroatoms. The molecule has 0 bridgehead atoms. The van der Waals surface area contributed by atoms with Gasteiger partial charge in [0.15, 0.2) is 0 Å². The summed E-state index contributed by atoms with van der Waals surface area (Å²) in [6, 6.07) is 1.99. The minimum Gasteiger partial charge on any atom is -0.475 e. The van der Waals surface area contributed by atoms with E-state index in [1.807, 2.05) is 13.8 Å². The van der Waals surface area contributed by atoms with Crippen molar-refractivity contribution in [3.63, 3.8) is 0 Å². The molecule has 0 unspecified atom stereocenters. The van der Waals surface area contributed by atoms with Crippen LogP contribution in [0.2, 0.25) is 0 Å². The Labute approximate surface area is 116 Å². The van der Waals surface area contributed by atoms with Crippen molar-refractivity contribution in [3.8, 4) is 0 Å². The number of hydrogen-bond acceptors (Lipinski definition) is 5. The molecule has 2 N–H and O–H groups in total. The Balaban J connectivity index is 2.78. The van der Waals surface area contributed by atoms with Crippen LogP contribution in [0.3, 0.4) is 0 Å². The van der Waals surface area contributed by atoms with Crippen molar-refractivity contribution >= 4 is 21.7 Å². The molecule has 1 rings (SSSR count). The van der Waals surface area contributed by atoms with Crippen molar-refractivity contribution < 1.29 is 27.5 Å². The summed E-state index contributed by atoms with van der Waals surface area (Å²) in [6.07, 6.45) is 1.40. The van der Waals surface area contributed by atoms with Crippen molar-refractivity contribution in [2.75, 3.05) is 5.75 Å². The Hall–Kier alpha value is -1.83. The molecule has 0 atom stereocenters. The molecule has 0 saturated heterocycles. The number of carboxylic acids is 1. The Kier molecular flexibility index (Phi) is 5.32. The van der Waals surface area contributed by atoms with E-state index in [0.717, 1.165) is 12.1 Å². The second kappa shape index (κ2) is 6.56. The molecule has 1 amide bonds. The van der Waals surface area contributed by atoms with Crippen molar-refractivity contribution in [3.05, 3.63) is 17.9 Å². The monoisotopic (exact) mass is 303 g/mol. The average molecular weight is 303 g/mol. The fourth-order valence-electron chi connectivity index (χ4n) is 1.61. The van der Waals surface area contributed by atoms with Gasteiger partial charge in [-0.05, 0) is 25.0 Å². The Morgan fingerprint density at radius 3 is 2.35 bits per heavy atom. The topological polar surface area (TPSA) is 114 Å². The van der Waals surface area contributed by atoms with Gasteiger partial charge in [0, 0.05) is 6.04 Å². The minimum atomic E-state index is -3.98. The van der Waals surface area contributed by atoms with Crippen molar-refractivity contribution in [2.24, 2.45) is 0 Å². The lowest BCUT2D eigenvalue weighted by Gasteiger charge is -2.14. The number of rotatable bonds is 7. The van der Waals surface area contributed by atoms with Crippen LogP contribution in [0.25, 0.3) is 0 Å². The number of furan rings is 1. The van der Waals surface area contributed by atoms with Gasteiger partial charge >= 0.3 is 5.97 Å². The highest BCUT2D eigenvalue weighted by molar-refractivity contribution is 7.92. The zero-order valence-electron chi connectivity index (χ0n) is 11.3.